The summed E-state index contributed by atoms with van der Waals surface area (Å²) < 4.78 is 17.0. The van der Waals surface area contributed by atoms with Crippen molar-refractivity contribution in [2.75, 3.05) is 0 Å². The fraction of sp³-hybridized carbons (Fsp3) is 0.500. The monoisotopic (exact) mass is 170 g/mol. The second kappa shape index (κ2) is 2.40. The van der Waals surface area contributed by atoms with Crippen LogP contribution in [0.25, 0.3) is 0 Å². The molecule has 4 heteroatoms. The molecule has 1 saturated heterocycles. The van der Waals surface area contributed by atoms with Gasteiger partial charge in [-0.3, -0.25) is 9.59 Å². The summed E-state index contributed by atoms with van der Waals surface area (Å²) in [6, 6.07) is 0. The topological polar surface area (TPSA) is 43.4 Å². The number of rotatable bonds is 0. The Morgan fingerprint density at radius 2 is 2.00 bits per heavy atom. The van der Waals surface area contributed by atoms with E-state index < -0.39 is 23.8 Å². The first kappa shape index (κ1) is 7.46. The van der Waals surface area contributed by atoms with Crippen molar-refractivity contribution in [2.24, 2.45) is 11.8 Å². The van der Waals surface area contributed by atoms with E-state index in [0.717, 1.165) is 0 Å². The maximum absolute atomic E-state index is 12.7. The number of cyclic esters (lactones) is 2. The van der Waals surface area contributed by atoms with E-state index in [1.165, 1.54) is 6.08 Å². The van der Waals surface area contributed by atoms with E-state index in [2.05, 4.69) is 4.74 Å². The van der Waals surface area contributed by atoms with Gasteiger partial charge in [0, 0.05) is 6.42 Å². The molecule has 2 atom stereocenters. The number of ether oxygens (including phenoxy) is 1. The van der Waals surface area contributed by atoms with E-state index in [9.17, 15) is 14.0 Å². The number of hydrogen-bond acceptors (Lipinski definition) is 3. The normalized spacial score (nSPS) is 34.2. The third kappa shape index (κ3) is 0.948. The van der Waals surface area contributed by atoms with Crippen molar-refractivity contribution in [3.63, 3.8) is 0 Å². The van der Waals surface area contributed by atoms with Crippen molar-refractivity contribution >= 4 is 11.9 Å². The highest BCUT2D eigenvalue weighted by molar-refractivity contribution is 5.96. The highest BCUT2D eigenvalue weighted by Gasteiger charge is 2.45. The lowest BCUT2D eigenvalue weighted by atomic mass is 9.85. The Morgan fingerprint density at radius 1 is 1.33 bits per heavy atom. The standard InChI is InChI=1S/C8H7FO3/c9-4-1-2-5-6(3-4)8(11)12-7(5)10/h1,5-6H,2-3H2. The number of esters is 2. The van der Waals surface area contributed by atoms with Crippen LogP contribution in [-0.4, -0.2) is 11.9 Å². The van der Waals surface area contributed by atoms with Gasteiger partial charge in [0.2, 0.25) is 0 Å². The van der Waals surface area contributed by atoms with E-state index >= 15 is 0 Å². The SMILES string of the molecule is O=C1OC(=O)C2CC(F)=CCC12. The van der Waals surface area contributed by atoms with Gasteiger partial charge in [-0.05, 0) is 6.42 Å². The molecule has 12 heavy (non-hydrogen) atoms. The molecule has 64 valence electrons. The predicted molar refractivity (Wildman–Crippen MR) is 36.5 cm³/mol. The largest absolute Gasteiger partial charge is 0.393 e. The van der Waals surface area contributed by atoms with Crippen molar-refractivity contribution in [1.29, 1.82) is 0 Å². The molecule has 1 aliphatic carbocycles. The Labute approximate surface area is 68.2 Å². The van der Waals surface area contributed by atoms with Gasteiger partial charge in [0.1, 0.15) is 0 Å². The van der Waals surface area contributed by atoms with Crippen LogP contribution in [0, 0.1) is 11.8 Å². The first-order valence-corrected chi connectivity index (χ1v) is 3.78. The van der Waals surface area contributed by atoms with Crippen molar-refractivity contribution in [1.82, 2.24) is 0 Å². The van der Waals surface area contributed by atoms with Crippen molar-refractivity contribution < 1.29 is 18.7 Å². The molecule has 1 fully saturated rings. The van der Waals surface area contributed by atoms with Gasteiger partial charge >= 0.3 is 11.9 Å². The van der Waals surface area contributed by atoms with Crippen molar-refractivity contribution in [3.05, 3.63) is 11.9 Å². The Morgan fingerprint density at radius 3 is 2.75 bits per heavy atom. The molecule has 0 aromatic rings. The summed E-state index contributed by atoms with van der Waals surface area (Å²) in [4.78, 5) is 21.9. The molecule has 0 N–H and O–H groups in total. The number of carbonyl (C=O) groups excluding carboxylic acids is 2. The van der Waals surface area contributed by atoms with Crippen LogP contribution in [0.2, 0.25) is 0 Å². The van der Waals surface area contributed by atoms with Gasteiger partial charge in [-0.2, -0.15) is 0 Å². The third-order valence-corrected chi connectivity index (χ3v) is 2.30. The second-order valence-electron chi connectivity index (χ2n) is 3.04. The average Bonchev–Trinajstić information content (AvgIpc) is 2.28. The van der Waals surface area contributed by atoms with Crippen molar-refractivity contribution in [2.45, 2.75) is 12.8 Å². The van der Waals surface area contributed by atoms with E-state index in [-0.39, 0.29) is 12.2 Å². The molecule has 0 aromatic carbocycles. The molecule has 1 heterocycles. The Balaban J connectivity index is 2.27. The molecule has 2 aliphatic rings. The molecule has 0 aromatic heterocycles. The summed E-state index contributed by atoms with van der Waals surface area (Å²) in [5.74, 6) is -2.40. The minimum Gasteiger partial charge on any atom is -0.393 e. The summed E-state index contributed by atoms with van der Waals surface area (Å²) >= 11 is 0. The Bertz CT molecular complexity index is 282. The van der Waals surface area contributed by atoms with Crippen molar-refractivity contribution in [3.8, 4) is 0 Å². The van der Waals surface area contributed by atoms with E-state index in [4.69, 9.17) is 0 Å². The van der Waals surface area contributed by atoms with Crippen LogP contribution < -0.4 is 0 Å². The summed E-state index contributed by atoms with van der Waals surface area (Å²) in [6.07, 6.45) is 1.66. The van der Waals surface area contributed by atoms with Crippen LogP contribution in [-0.2, 0) is 14.3 Å². The van der Waals surface area contributed by atoms with Crippen LogP contribution >= 0.6 is 0 Å². The number of hydrogen-bond donors (Lipinski definition) is 0. The fourth-order valence-corrected chi connectivity index (χ4v) is 1.61. The molecule has 3 nitrogen and oxygen atoms in total. The molecular formula is C8H7FO3. The smallest absolute Gasteiger partial charge is 0.317 e. The maximum Gasteiger partial charge on any atom is 0.317 e. The van der Waals surface area contributed by atoms with Crippen LogP contribution in [0.15, 0.2) is 11.9 Å². The minimum atomic E-state index is -0.576. The Kier molecular flexibility index (Phi) is 1.49. The second-order valence-corrected chi connectivity index (χ2v) is 3.04. The lowest BCUT2D eigenvalue weighted by Gasteiger charge is -2.15. The zero-order chi connectivity index (χ0) is 8.72. The summed E-state index contributed by atoms with van der Waals surface area (Å²) in [6.45, 7) is 0. The predicted octanol–water partition coefficient (Wildman–Crippen LogP) is 0.949. The quantitative estimate of drug-likeness (QED) is 0.401. The first-order chi connectivity index (χ1) is 5.68. The Hall–Kier alpha value is -1.19. The van der Waals surface area contributed by atoms with Gasteiger partial charge in [-0.15, -0.1) is 0 Å². The number of carbonyl (C=O) groups is 2. The lowest BCUT2D eigenvalue weighted by molar-refractivity contribution is -0.153. The molecule has 0 spiro atoms. The molecule has 0 radical (unpaired) electrons. The zero-order valence-electron chi connectivity index (χ0n) is 6.25. The van der Waals surface area contributed by atoms with Crippen LogP contribution in [0.4, 0.5) is 4.39 Å². The molecule has 0 amide bonds. The van der Waals surface area contributed by atoms with Gasteiger partial charge in [0.05, 0.1) is 17.7 Å². The summed E-state index contributed by atoms with van der Waals surface area (Å²) in [5, 5.41) is 0. The van der Waals surface area contributed by atoms with E-state index in [0.29, 0.717) is 6.42 Å². The lowest BCUT2D eigenvalue weighted by Crippen LogP contribution is -2.20. The minimum absolute atomic E-state index is 0.0231. The zero-order valence-corrected chi connectivity index (χ0v) is 6.25. The van der Waals surface area contributed by atoms with Crippen LogP contribution in [0.5, 0.6) is 0 Å². The third-order valence-electron chi connectivity index (χ3n) is 2.30. The number of halogens is 1. The first-order valence-electron chi connectivity index (χ1n) is 3.78. The highest BCUT2D eigenvalue weighted by Crippen LogP contribution is 2.36. The van der Waals surface area contributed by atoms with Gasteiger partial charge < -0.3 is 4.74 Å². The van der Waals surface area contributed by atoms with Gasteiger partial charge in [-0.1, -0.05) is 6.08 Å². The summed E-state index contributed by atoms with van der Waals surface area (Å²) in [7, 11) is 0. The van der Waals surface area contributed by atoms with Gasteiger partial charge in [-0.25, -0.2) is 4.39 Å². The van der Waals surface area contributed by atoms with E-state index in [1.54, 1.807) is 0 Å². The molecule has 0 bridgehead atoms. The molecule has 2 rings (SSSR count). The maximum atomic E-state index is 12.7. The molecule has 1 aliphatic heterocycles. The molecule has 0 saturated carbocycles. The highest BCUT2D eigenvalue weighted by atomic mass is 19.1. The van der Waals surface area contributed by atoms with E-state index in [1.807, 2.05) is 0 Å². The van der Waals surface area contributed by atoms with Crippen LogP contribution in [0.1, 0.15) is 12.8 Å². The fourth-order valence-electron chi connectivity index (χ4n) is 1.61. The number of fused-ring (bicyclic) bond motifs is 1. The number of allylic oxidation sites excluding steroid dienone is 2. The van der Waals surface area contributed by atoms with Gasteiger partial charge in [0.25, 0.3) is 0 Å². The van der Waals surface area contributed by atoms with Gasteiger partial charge in [0.15, 0.2) is 0 Å². The molecule has 2 unspecified atom stereocenters. The molecular weight excluding hydrogens is 163 g/mol. The average molecular weight is 170 g/mol. The summed E-state index contributed by atoms with van der Waals surface area (Å²) in [5.41, 5.74) is 0. The van der Waals surface area contributed by atoms with Crippen LogP contribution in [0.3, 0.4) is 0 Å².